The number of aliphatic imine (C=N–C) groups is 1. The molecule has 0 bridgehead atoms. The van der Waals surface area contributed by atoms with Gasteiger partial charge in [-0.15, -0.1) is 24.8 Å². The molecule has 2 atom stereocenters. The quantitative estimate of drug-likeness (QED) is 0.567. The van der Waals surface area contributed by atoms with Crippen LogP contribution in [0, 0.1) is 5.92 Å². The second kappa shape index (κ2) is 12.0. The maximum absolute atomic E-state index is 11.9. The molecule has 0 aliphatic carbocycles. The van der Waals surface area contributed by atoms with Crippen molar-refractivity contribution in [3.8, 4) is 0 Å². The van der Waals surface area contributed by atoms with Crippen molar-refractivity contribution in [2.75, 3.05) is 13.2 Å². The van der Waals surface area contributed by atoms with Crippen molar-refractivity contribution in [2.45, 2.75) is 32.7 Å². The van der Waals surface area contributed by atoms with Crippen LogP contribution in [0.1, 0.15) is 26.7 Å². The van der Waals surface area contributed by atoms with Crippen LogP contribution in [0.2, 0.25) is 0 Å². The molecule has 0 aromatic rings. The summed E-state index contributed by atoms with van der Waals surface area (Å²) in [5.41, 5.74) is 10.8. The van der Waals surface area contributed by atoms with E-state index in [0.29, 0.717) is 12.5 Å². The molecule has 0 saturated heterocycles. The van der Waals surface area contributed by atoms with E-state index in [1.54, 1.807) is 0 Å². The Labute approximate surface area is 104 Å². The van der Waals surface area contributed by atoms with E-state index in [4.69, 9.17) is 11.5 Å². The lowest BCUT2D eigenvalue weighted by Gasteiger charge is -2.10. The van der Waals surface area contributed by atoms with Gasteiger partial charge in [-0.25, -0.2) is 4.39 Å². The monoisotopic (exact) mass is 261 g/mol. The summed E-state index contributed by atoms with van der Waals surface area (Å²) < 4.78 is 11.9. The second-order valence-corrected chi connectivity index (χ2v) is 3.63. The number of nitrogens with zero attached hydrogens (tertiary/aromatic N) is 1. The molecule has 94 valence electrons. The molecule has 0 fully saturated rings. The van der Waals surface area contributed by atoms with Crippen molar-refractivity contribution in [2.24, 2.45) is 22.4 Å². The average Bonchev–Trinajstić information content (AvgIpc) is 2.10. The summed E-state index contributed by atoms with van der Waals surface area (Å²) in [4.78, 5) is 3.90. The zero-order valence-corrected chi connectivity index (χ0v) is 10.9. The van der Waals surface area contributed by atoms with E-state index in [0.717, 1.165) is 12.8 Å². The molecule has 0 heterocycles. The van der Waals surface area contributed by atoms with Gasteiger partial charge in [-0.3, -0.25) is 4.99 Å². The van der Waals surface area contributed by atoms with Crippen LogP contribution < -0.4 is 11.5 Å². The fourth-order valence-corrected chi connectivity index (χ4v) is 0.954. The zero-order chi connectivity index (χ0) is 10.3. The van der Waals surface area contributed by atoms with E-state index in [1.165, 1.54) is 0 Å². The van der Waals surface area contributed by atoms with E-state index in [-0.39, 0.29) is 36.7 Å². The van der Waals surface area contributed by atoms with Crippen LogP contribution in [-0.4, -0.2) is 25.1 Å². The summed E-state index contributed by atoms with van der Waals surface area (Å²) in [6, 6.07) is 0.227. The first-order chi connectivity index (χ1) is 6.06. The lowest BCUT2D eigenvalue weighted by molar-refractivity contribution is 0.487. The molecule has 2 unspecified atom stereocenters. The van der Waals surface area contributed by atoms with Gasteiger partial charge in [0.2, 0.25) is 0 Å². The first-order valence-electron chi connectivity index (χ1n) is 4.66. The van der Waals surface area contributed by atoms with Crippen molar-refractivity contribution in [1.29, 1.82) is 0 Å². The summed E-state index contributed by atoms with van der Waals surface area (Å²) >= 11 is 0. The normalized spacial score (nSPS) is 14.8. The van der Waals surface area contributed by atoms with Crippen LogP contribution in [0.15, 0.2) is 4.99 Å². The summed E-state index contributed by atoms with van der Waals surface area (Å²) in [5, 5.41) is 0. The molecule has 0 aromatic heterocycles. The molecule has 0 radical (unpaired) electrons. The van der Waals surface area contributed by atoms with Gasteiger partial charge in [0.05, 0.1) is 0 Å². The van der Waals surface area contributed by atoms with Crippen molar-refractivity contribution >= 4 is 30.6 Å². The Morgan fingerprint density at radius 3 is 2.20 bits per heavy atom. The lowest BCUT2D eigenvalue weighted by Crippen LogP contribution is -2.18. The van der Waals surface area contributed by atoms with Crippen LogP contribution >= 0.6 is 24.8 Å². The Morgan fingerprint density at radius 2 is 1.80 bits per heavy atom. The van der Waals surface area contributed by atoms with Crippen molar-refractivity contribution in [1.82, 2.24) is 0 Å². The van der Waals surface area contributed by atoms with E-state index in [1.807, 2.05) is 6.92 Å². The molecule has 0 spiro atoms. The Kier molecular flexibility index (Phi) is 16.3. The van der Waals surface area contributed by atoms with Crippen LogP contribution in [-0.2, 0) is 0 Å². The summed E-state index contributed by atoms with van der Waals surface area (Å²) in [6.07, 6.45) is 1.99. The molecular weight excluding hydrogens is 240 g/mol. The van der Waals surface area contributed by atoms with Crippen molar-refractivity contribution in [3.63, 3.8) is 0 Å². The number of nitrogens with two attached hydrogens (primary N) is 2. The van der Waals surface area contributed by atoms with Crippen LogP contribution in [0.25, 0.3) is 0 Å². The van der Waals surface area contributed by atoms with Crippen LogP contribution in [0.4, 0.5) is 4.39 Å². The van der Waals surface area contributed by atoms with Gasteiger partial charge in [0.1, 0.15) is 12.5 Å². The van der Waals surface area contributed by atoms with E-state index < -0.39 is 6.67 Å². The number of rotatable bonds is 6. The molecule has 3 nitrogen and oxygen atoms in total. The number of halogens is 3. The van der Waals surface area contributed by atoms with Gasteiger partial charge in [0.25, 0.3) is 0 Å². The van der Waals surface area contributed by atoms with Crippen LogP contribution in [0.3, 0.4) is 0 Å². The molecule has 4 N–H and O–H groups in total. The van der Waals surface area contributed by atoms with Gasteiger partial charge < -0.3 is 11.5 Å². The minimum atomic E-state index is -0.653. The molecule has 0 aliphatic heterocycles. The minimum absolute atomic E-state index is 0. The fourth-order valence-electron chi connectivity index (χ4n) is 0.954. The summed E-state index contributed by atoms with van der Waals surface area (Å²) in [5.74, 6) is 0.517. The Hall–Kier alpha value is -0.0600. The fraction of sp³-hybridized carbons (Fsp3) is 0.889. The first-order valence-corrected chi connectivity index (χ1v) is 4.66. The number of alkyl halides is 1. The first kappa shape index (κ1) is 20.4. The Balaban J connectivity index is -0.000000720. The number of amidine groups is 1. The standard InChI is InChI=1S/C9H20FN3.2ClH/c1-7(3-4-8(2)11)6-13-9(12)5-10;;/h7-8H,3-6,11H2,1-2H3,(H2,12,13);2*1H. The molecule has 6 heteroatoms. The highest BCUT2D eigenvalue weighted by Crippen LogP contribution is 2.07. The van der Waals surface area contributed by atoms with Crippen LogP contribution in [0.5, 0.6) is 0 Å². The Bertz CT molecular complexity index is 165. The van der Waals surface area contributed by atoms with Crippen molar-refractivity contribution < 1.29 is 4.39 Å². The summed E-state index contributed by atoms with van der Waals surface area (Å²) in [6.45, 7) is 3.99. The average molecular weight is 262 g/mol. The lowest BCUT2D eigenvalue weighted by atomic mass is 10.0. The highest BCUT2D eigenvalue weighted by atomic mass is 35.5. The topological polar surface area (TPSA) is 64.4 Å². The van der Waals surface area contributed by atoms with Gasteiger partial charge in [-0.2, -0.15) is 0 Å². The largest absolute Gasteiger partial charge is 0.385 e. The maximum atomic E-state index is 11.9. The predicted molar refractivity (Wildman–Crippen MR) is 69.0 cm³/mol. The van der Waals surface area contributed by atoms with Gasteiger partial charge in [0, 0.05) is 12.6 Å². The Morgan fingerprint density at radius 1 is 1.27 bits per heavy atom. The molecule has 0 amide bonds. The molecule has 0 rings (SSSR count). The van der Waals surface area contributed by atoms with E-state index in [2.05, 4.69) is 11.9 Å². The van der Waals surface area contributed by atoms with E-state index >= 15 is 0 Å². The highest BCUT2D eigenvalue weighted by Gasteiger charge is 2.03. The molecule has 0 aromatic carbocycles. The van der Waals surface area contributed by atoms with E-state index in [9.17, 15) is 4.39 Å². The smallest absolute Gasteiger partial charge is 0.146 e. The van der Waals surface area contributed by atoms with Crippen molar-refractivity contribution in [3.05, 3.63) is 0 Å². The second-order valence-electron chi connectivity index (χ2n) is 3.63. The molecule has 0 saturated carbocycles. The molecule has 0 aliphatic rings. The molecular formula is C9H22Cl2FN3. The number of hydrogen-bond acceptors (Lipinski definition) is 2. The SMILES string of the molecule is CC(N)CCC(C)CN=C(N)CF.Cl.Cl. The third kappa shape index (κ3) is 13.9. The zero-order valence-electron chi connectivity index (χ0n) is 9.28. The number of hydrogen-bond donors (Lipinski definition) is 2. The third-order valence-corrected chi connectivity index (χ3v) is 1.86. The van der Waals surface area contributed by atoms with Gasteiger partial charge in [0.15, 0.2) is 0 Å². The summed E-state index contributed by atoms with van der Waals surface area (Å²) in [7, 11) is 0. The molecule has 15 heavy (non-hydrogen) atoms. The van der Waals surface area contributed by atoms with Gasteiger partial charge >= 0.3 is 0 Å². The maximum Gasteiger partial charge on any atom is 0.146 e. The predicted octanol–water partition coefficient (Wildman–Crippen LogP) is 1.92. The highest BCUT2D eigenvalue weighted by molar-refractivity contribution is 5.85. The minimum Gasteiger partial charge on any atom is -0.385 e. The third-order valence-electron chi connectivity index (χ3n) is 1.86. The van der Waals surface area contributed by atoms with Gasteiger partial charge in [-0.05, 0) is 25.7 Å². The van der Waals surface area contributed by atoms with Gasteiger partial charge in [-0.1, -0.05) is 6.92 Å².